The Hall–Kier alpha value is -1.25. The van der Waals surface area contributed by atoms with E-state index in [1.165, 1.54) is 20.3 Å². The van der Waals surface area contributed by atoms with Gasteiger partial charge in [0.1, 0.15) is 0 Å². The summed E-state index contributed by atoms with van der Waals surface area (Å²) in [6, 6.07) is 0. The van der Waals surface area contributed by atoms with Crippen LogP contribution in [0.3, 0.4) is 0 Å². The SMILES string of the molecule is COC1=C(OC)C(=O)C=C1. The van der Waals surface area contributed by atoms with Gasteiger partial charge in [0.25, 0.3) is 0 Å². The second-order valence-corrected chi connectivity index (χ2v) is 1.80. The average molecular weight is 140 g/mol. The van der Waals surface area contributed by atoms with E-state index in [-0.39, 0.29) is 11.5 Å². The number of ether oxygens (including phenoxy) is 2. The Morgan fingerprint density at radius 3 is 2.30 bits per heavy atom. The normalized spacial score (nSPS) is 16.4. The first-order valence-electron chi connectivity index (χ1n) is 2.84. The molecule has 0 amide bonds. The van der Waals surface area contributed by atoms with Crippen molar-refractivity contribution in [2.45, 2.75) is 0 Å². The summed E-state index contributed by atoms with van der Waals surface area (Å²) in [5.41, 5.74) is 0. The molecule has 10 heavy (non-hydrogen) atoms. The van der Waals surface area contributed by atoms with Crippen molar-refractivity contribution >= 4 is 5.78 Å². The van der Waals surface area contributed by atoms with Gasteiger partial charge in [0.05, 0.1) is 14.2 Å². The van der Waals surface area contributed by atoms with Gasteiger partial charge in [-0.1, -0.05) is 0 Å². The molecule has 0 bridgehead atoms. The van der Waals surface area contributed by atoms with E-state index in [1.807, 2.05) is 0 Å². The molecule has 0 saturated carbocycles. The van der Waals surface area contributed by atoms with E-state index in [4.69, 9.17) is 9.47 Å². The van der Waals surface area contributed by atoms with Crippen molar-refractivity contribution < 1.29 is 14.3 Å². The fourth-order valence-corrected chi connectivity index (χ4v) is 0.786. The van der Waals surface area contributed by atoms with Gasteiger partial charge < -0.3 is 9.47 Å². The van der Waals surface area contributed by atoms with Crippen LogP contribution in [-0.2, 0) is 14.3 Å². The number of hydrogen-bond donors (Lipinski definition) is 0. The fourth-order valence-electron chi connectivity index (χ4n) is 0.786. The summed E-state index contributed by atoms with van der Waals surface area (Å²) in [6.07, 6.45) is 3.00. The topological polar surface area (TPSA) is 35.5 Å². The van der Waals surface area contributed by atoms with Crippen molar-refractivity contribution in [2.24, 2.45) is 0 Å². The third-order valence-electron chi connectivity index (χ3n) is 1.26. The zero-order valence-corrected chi connectivity index (χ0v) is 5.88. The zero-order chi connectivity index (χ0) is 7.56. The van der Waals surface area contributed by atoms with Crippen molar-refractivity contribution in [3.05, 3.63) is 23.7 Å². The molecule has 0 saturated heterocycles. The molecule has 0 atom stereocenters. The summed E-state index contributed by atoms with van der Waals surface area (Å²) >= 11 is 0. The Bertz CT molecular complexity index is 207. The molecule has 1 rings (SSSR count). The molecule has 3 heteroatoms. The first-order valence-corrected chi connectivity index (χ1v) is 2.84. The molecule has 54 valence electrons. The Kier molecular flexibility index (Phi) is 1.76. The highest BCUT2D eigenvalue weighted by atomic mass is 16.5. The molecule has 0 aliphatic heterocycles. The van der Waals surface area contributed by atoms with Crippen LogP contribution in [0.5, 0.6) is 0 Å². The summed E-state index contributed by atoms with van der Waals surface area (Å²) < 4.78 is 9.60. The Balaban J connectivity index is 2.90. The van der Waals surface area contributed by atoms with E-state index in [1.54, 1.807) is 6.08 Å². The lowest BCUT2D eigenvalue weighted by Crippen LogP contribution is -1.99. The molecule has 0 aromatic rings. The van der Waals surface area contributed by atoms with Crippen molar-refractivity contribution in [3.8, 4) is 0 Å². The predicted octanol–water partition coefficient (Wildman–Crippen LogP) is 0.630. The lowest BCUT2D eigenvalue weighted by molar-refractivity contribution is -0.114. The van der Waals surface area contributed by atoms with Crippen LogP contribution in [0.4, 0.5) is 0 Å². The third kappa shape index (κ3) is 0.900. The van der Waals surface area contributed by atoms with Crippen LogP contribution in [-0.4, -0.2) is 20.0 Å². The maximum absolute atomic E-state index is 10.8. The molecular weight excluding hydrogens is 132 g/mol. The van der Waals surface area contributed by atoms with E-state index in [0.717, 1.165) is 0 Å². The molecule has 0 unspecified atom stereocenters. The molecule has 0 aromatic heterocycles. The maximum atomic E-state index is 10.8. The quantitative estimate of drug-likeness (QED) is 0.564. The molecule has 0 fully saturated rings. The van der Waals surface area contributed by atoms with E-state index in [9.17, 15) is 4.79 Å². The molecule has 0 spiro atoms. The Morgan fingerprint density at radius 2 is 1.90 bits per heavy atom. The van der Waals surface area contributed by atoms with Gasteiger partial charge >= 0.3 is 0 Å². The van der Waals surface area contributed by atoms with Crippen LogP contribution in [0.15, 0.2) is 23.7 Å². The van der Waals surface area contributed by atoms with Gasteiger partial charge in [-0.05, 0) is 12.2 Å². The largest absolute Gasteiger partial charge is 0.493 e. The lowest BCUT2D eigenvalue weighted by Gasteiger charge is -2.01. The summed E-state index contributed by atoms with van der Waals surface area (Å²) in [6.45, 7) is 0. The van der Waals surface area contributed by atoms with Crippen molar-refractivity contribution in [1.29, 1.82) is 0 Å². The van der Waals surface area contributed by atoms with Gasteiger partial charge in [-0.15, -0.1) is 0 Å². The molecule has 0 radical (unpaired) electrons. The monoisotopic (exact) mass is 140 g/mol. The third-order valence-corrected chi connectivity index (χ3v) is 1.26. The highest BCUT2D eigenvalue weighted by molar-refractivity contribution is 6.05. The smallest absolute Gasteiger partial charge is 0.224 e. The minimum Gasteiger partial charge on any atom is -0.493 e. The number of rotatable bonds is 2. The first-order chi connectivity index (χ1) is 4.79. The van der Waals surface area contributed by atoms with E-state index < -0.39 is 0 Å². The van der Waals surface area contributed by atoms with Gasteiger partial charge in [0, 0.05) is 0 Å². The number of carbonyl (C=O) groups is 1. The zero-order valence-electron chi connectivity index (χ0n) is 5.88. The number of hydrogen-bond acceptors (Lipinski definition) is 3. The highest BCUT2D eigenvalue weighted by Crippen LogP contribution is 2.15. The van der Waals surface area contributed by atoms with Crippen LogP contribution in [0.2, 0.25) is 0 Å². The first kappa shape index (κ1) is 6.86. The van der Waals surface area contributed by atoms with Crippen LogP contribution in [0.1, 0.15) is 0 Å². The van der Waals surface area contributed by atoms with Crippen LogP contribution >= 0.6 is 0 Å². The number of allylic oxidation sites excluding steroid dienone is 2. The number of carbonyl (C=O) groups excluding carboxylic acids is 1. The van der Waals surface area contributed by atoms with E-state index >= 15 is 0 Å². The van der Waals surface area contributed by atoms with Gasteiger partial charge in [-0.3, -0.25) is 4.79 Å². The maximum Gasteiger partial charge on any atom is 0.224 e. The molecule has 1 aliphatic rings. The lowest BCUT2D eigenvalue weighted by atomic mass is 10.4. The fraction of sp³-hybridized carbons (Fsp3) is 0.286. The summed E-state index contributed by atoms with van der Waals surface area (Å²) in [4.78, 5) is 10.8. The molecule has 3 nitrogen and oxygen atoms in total. The predicted molar refractivity (Wildman–Crippen MR) is 35.2 cm³/mol. The molecule has 1 aliphatic carbocycles. The second kappa shape index (κ2) is 2.56. The summed E-state index contributed by atoms with van der Waals surface area (Å²) in [5, 5.41) is 0. The number of methoxy groups -OCH3 is 2. The van der Waals surface area contributed by atoms with Gasteiger partial charge in [0.2, 0.25) is 11.5 Å². The van der Waals surface area contributed by atoms with Crippen LogP contribution in [0.25, 0.3) is 0 Å². The van der Waals surface area contributed by atoms with Gasteiger partial charge in [-0.25, -0.2) is 0 Å². The highest BCUT2D eigenvalue weighted by Gasteiger charge is 2.18. The van der Waals surface area contributed by atoms with Crippen LogP contribution < -0.4 is 0 Å². The molecule has 0 N–H and O–H groups in total. The van der Waals surface area contributed by atoms with Crippen LogP contribution in [0, 0.1) is 0 Å². The van der Waals surface area contributed by atoms with Crippen molar-refractivity contribution in [2.75, 3.05) is 14.2 Å². The summed E-state index contributed by atoms with van der Waals surface area (Å²) in [5.74, 6) is 0.634. The van der Waals surface area contributed by atoms with E-state index in [2.05, 4.69) is 0 Å². The van der Waals surface area contributed by atoms with Gasteiger partial charge in [-0.2, -0.15) is 0 Å². The number of ketones is 1. The van der Waals surface area contributed by atoms with E-state index in [0.29, 0.717) is 5.76 Å². The molecule has 0 aromatic carbocycles. The van der Waals surface area contributed by atoms with Crippen molar-refractivity contribution in [1.82, 2.24) is 0 Å². The minimum absolute atomic E-state index is 0.139. The average Bonchev–Trinajstić information content (AvgIpc) is 2.30. The molecular formula is C7H8O3. The standard InChI is InChI=1S/C7H8O3/c1-9-6-4-3-5(8)7(6)10-2/h3-4H,1-2H3. The molecule has 0 heterocycles. The Morgan fingerprint density at radius 1 is 1.20 bits per heavy atom. The van der Waals surface area contributed by atoms with Crippen molar-refractivity contribution in [3.63, 3.8) is 0 Å². The minimum atomic E-state index is -0.139. The Labute approximate surface area is 58.9 Å². The summed E-state index contributed by atoms with van der Waals surface area (Å²) in [7, 11) is 2.94. The van der Waals surface area contributed by atoms with Gasteiger partial charge in [0.15, 0.2) is 5.76 Å². The second-order valence-electron chi connectivity index (χ2n) is 1.80.